The minimum atomic E-state index is 0.203. The lowest BCUT2D eigenvalue weighted by Crippen LogP contribution is -2.35. The summed E-state index contributed by atoms with van der Waals surface area (Å²) in [7, 11) is 3.54. The van der Waals surface area contributed by atoms with Crippen LogP contribution in [0, 0.1) is 0 Å². The van der Waals surface area contributed by atoms with Gasteiger partial charge in [0.05, 0.1) is 12.2 Å². The summed E-state index contributed by atoms with van der Waals surface area (Å²) >= 11 is 0. The number of likely N-dealkylation sites (tertiary alicyclic amines) is 1. The first-order valence-electron chi connectivity index (χ1n) is 6.92. The second-order valence-electron chi connectivity index (χ2n) is 5.47. The maximum atomic E-state index is 5.48. The monoisotopic (exact) mass is 262 g/mol. The highest BCUT2D eigenvalue weighted by Gasteiger charge is 2.34. The van der Waals surface area contributed by atoms with Crippen molar-refractivity contribution in [3.8, 4) is 0 Å². The topological polar surface area (TPSA) is 33.7 Å². The van der Waals surface area contributed by atoms with Crippen molar-refractivity contribution in [1.82, 2.24) is 4.90 Å². The van der Waals surface area contributed by atoms with Crippen LogP contribution in [0.5, 0.6) is 0 Å². The molecular weight excluding hydrogens is 240 g/mol. The van der Waals surface area contributed by atoms with Gasteiger partial charge in [0.1, 0.15) is 0 Å². The molecule has 1 aromatic rings. The van der Waals surface area contributed by atoms with Gasteiger partial charge in [0.15, 0.2) is 0 Å². The van der Waals surface area contributed by atoms with Gasteiger partial charge in [-0.05, 0) is 18.1 Å². The summed E-state index contributed by atoms with van der Waals surface area (Å²) in [5, 5.41) is 3.60. The van der Waals surface area contributed by atoms with Crippen molar-refractivity contribution in [1.29, 1.82) is 0 Å². The van der Waals surface area contributed by atoms with Gasteiger partial charge in [0.2, 0.25) is 0 Å². The van der Waals surface area contributed by atoms with Crippen molar-refractivity contribution in [2.75, 3.05) is 39.2 Å². The Labute approximate surface area is 114 Å². The molecule has 0 amide bonds. The van der Waals surface area contributed by atoms with Crippen molar-refractivity contribution in [3.63, 3.8) is 0 Å². The molecule has 3 atom stereocenters. The molecule has 4 nitrogen and oxygen atoms in total. The summed E-state index contributed by atoms with van der Waals surface area (Å²) in [6.07, 6.45) is 1.52. The Balaban J connectivity index is 1.57. The van der Waals surface area contributed by atoms with Gasteiger partial charge < -0.3 is 14.8 Å². The molecule has 104 valence electrons. The number of hydrogen-bond acceptors (Lipinski definition) is 4. The number of para-hydroxylation sites is 1. The van der Waals surface area contributed by atoms with E-state index < -0.39 is 0 Å². The van der Waals surface area contributed by atoms with Crippen molar-refractivity contribution >= 4 is 5.69 Å². The van der Waals surface area contributed by atoms with Crippen LogP contribution in [0.2, 0.25) is 0 Å². The summed E-state index contributed by atoms with van der Waals surface area (Å²) in [5.41, 5.74) is 2.72. The number of nitrogens with one attached hydrogen (secondary N) is 1. The number of anilines is 1. The average Bonchev–Trinajstić information content (AvgIpc) is 3.01. The van der Waals surface area contributed by atoms with E-state index >= 15 is 0 Å². The predicted octanol–water partition coefficient (Wildman–Crippen LogP) is 1.37. The van der Waals surface area contributed by atoms with E-state index in [9.17, 15) is 0 Å². The Morgan fingerprint density at radius 1 is 1.16 bits per heavy atom. The van der Waals surface area contributed by atoms with Gasteiger partial charge in [-0.1, -0.05) is 18.2 Å². The van der Waals surface area contributed by atoms with Gasteiger partial charge in [0.25, 0.3) is 0 Å². The van der Waals surface area contributed by atoms with Gasteiger partial charge >= 0.3 is 0 Å². The fourth-order valence-corrected chi connectivity index (χ4v) is 3.22. The number of ether oxygens (including phenoxy) is 2. The Morgan fingerprint density at radius 3 is 2.47 bits per heavy atom. The molecule has 3 unspecified atom stereocenters. The van der Waals surface area contributed by atoms with E-state index in [2.05, 4.69) is 34.5 Å². The predicted molar refractivity (Wildman–Crippen MR) is 75.6 cm³/mol. The highest BCUT2D eigenvalue weighted by Crippen LogP contribution is 2.26. The van der Waals surface area contributed by atoms with E-state index in [4.69, 9.17) is 9.47 Å². The quantitative estimate of drug-likeness (QED) is 0.888. The minimum Gasteiger partial charge on any atom is -0.380 e. The largest absolute Gasteiger partial charge is 0.380 e. The molecule has 0 aliphatic carbocycles. The number of nitrogens with zero attached hydrogens (tertiary/aromatic N) is 1. The smallest absolute Gasteiger partial charge is 0.0971 e. The molecule has 0 saturated carbocycles. The molecule has 1 aromatic carbocycles. The second kappa shape index (κ2) is 5.49. The van der Waals surface area contributed by atoms with Crippen LogP contribution in [-0.2, 0) is 15.9 Å². The number of methoxy groups -OCH3 is 2. The maximum absolute atomic E-state index is 5.48. The van der Waals surface area contributed by atoms with E-state index in [0.29, 0.717) is 6.04 Å². The molecule has 1 saturated heterocycles. The molecule has 2 aliphatic heterocycles. The average molecular weight is 262 g/mol. The standard InChI is InChI=1S/C15H22N2O2/c1-18-14-9-17(10-15(14)19-2)8-12-7-11-5-3-4-6-13(11)16-12/h3-6,12,14-16H,7-10H2,1-2H3. The van der Waals surface area contributed by atoms with Crippen LogP contribution >= 0.6 is 0 Å². The Bertz CT molecular complexity index is 401. The third-order valence-electron chi connectivity index (χ3n) is 4.22. The summed E-state index contributed by atoms with van der Waals surface area (Å²) in [6, 6.07) is 9.08. The van der Waals surface area contributed by atoms with Crippen LogP contribution in [0.15, 0.2) is 24.3 Å². The molecule has 1 N–H and O–H groups in total. The first-order chi connectivity index (χ1) is 9.30. The molecule has 0 aromatic heterocycles. The van der Waals surface area contributed by atoms with Crippen molar-refractivity contribution in [2.45, 2.75) is 24.7 Å². The van der Waals surface area contributed by atoms with Crippen molar-refractivity contribution in [3.05, 3.63) is 29.8 Å². The maximum Gasteiger partial charge on any atom is 0.0971 e. The van der Waals surface area contributed by atoms with Gasteiger partial charge in [0, 0.05) is 45.6 Å². The van der Waals surface area contributed by atoms with Crippen LogP contribution in [0.25, 0.3) is 0 Å². The SMILES string of the molecule is COC1CN(CC2Cc3ccccc3N2)CC1OC. The number of rotatable bonds is 4. The van der Waals surface area contributed by atoms with E-state index in [1.165, 1.54) is 11.3 Å². The highest BCUT2D eigenvalue weighted by atomic mass is 16.5. The van der Waals surface area contributed by atoms with Crippen LogP contribution < -0.4 is 5.32 Å². The van der Waals surface area contributed by atoms with Gasteiger partial charge in [-0.2, -0.15) is 0 Å². The summed E-state index contributed by atoms with van der Waals surface area (Å²) in [6.45, 7) is 2.97. The van der Waals surface area contributed by atoms with Crippen molar-refractivity contribution < 1.29 is 9.47 Å². The van der Waals surface area contributed by atoms with E-state index in [1.54, 1.807) is 14.2 Å². The van der Waals surface area contributed by atoms with Crippen LogP contribution in [-0.4, -0.2) is 57.0 Å². The molecule has 2 heterocycles. The van der Waals surface area contributed by atoms with Gasteiger partial charge in [-0.3, -0.25) is 4.90 Å². The van der Waals surface area contributed by atoms with E-state index in [0.717, 1.165) is 26.1 Å². The lowest BCUT2D eigenvalue weighted by atomic mass is 10.1. The molecule has 0 radical (unpaired) electrons. The number of hydrogen-bond donors (Lipinski definition) is 1. The first kappa shape index (κ1) is 12.9. The minimum absolute atomic E-state index is 0.203. The van der Waals surface area contributed by atoms with Crippen LogP contribution in [0.3, 0.4) is 0 Å². The Morgan fingerprint density at radius 2 is 1.84 bits per heavy atom. The number of fused-ring (bicyclic) bond motifs is 1. The molecule has 19 heavy (non-hydrogen) atoms. The van der Waals surface area contributed by atoms with Crippen molar-refractivity contribution in [2.24, 2.45) is 0 Å². The first-order valence-corrected chi connectivity index (χ1v) is 6.92. The highest BCUT2D eigenvalue weighted by molar-refractivity contribution is 5.56. The number of benzene rings is 1. The Hall–Kier alpha value is -1.10. The third kappa shape index (κ3) is 2.61. The molecule has 0 spiro atoms. The van der Waals surface area contributed by atoms with Crippen LogP contribution in [0.1, 0.15) is 5.56 Å². The second-order valence-corrected chi connectivity index (χ2v) is 5.47. The molecule has 3 rings (SSSR count). The van der Waals surface area contributed by atoms with E-state index in [1.807, 2.05) is 0 Å². The van der Waals surface area contributed by atoms with Crippen LogP contribution in [0.4, 0.5) is 5.69 Å². The lowest BCUT2D eigenvalue weighted by Gasteiger charge is -2.20. The lowest BCUT2D eigenvalue weighted by molar-refractivity contribution is -0.00461. The molecule has 2 aliphatic rings. The van der Waals surface area contributed by atoms with Gasteiger partial charge in [-0.15, -0.1) is 0 Å². The molecule has 1 fully saturated rings. The normalized spacial score (nSPS) is 30.3. The Kier molecular flexibility index (Phi) is 3.73. The summed E-state index contributed by atoms with van der Waals surface area (Å²) < 4.78 is 11.0. The summed E-state index contributed by atoms with van der Waals surface area (Å²) in [4.78, 5) is 2.44. The third-order valence-corrected chi connectivity index (χ3v) is 4.22. The van der Waals surface area contributed by atoms with Gasteiger partial charge in [-0.25, -0.2) is 0 Å². The fourth-order valence-electron chi connectivity index (χ4n) is 3.22. The molecule has 4 heteroatoms. The zero-order chi connectivity index (χ0) is 13.2. The molecule has 0 bridgehead atoms. The summed E-state index contributed by atoms with van der Waals surface area (Å²) in [5.74, 6) is 0. The fraction of sp³-hybridized carbons (Fsp3) is 0.600. The zero-order valence-electron chi connectivity index (χ0n) is 11.6. The molecular formula is C15H22N2O2. The van der Waals surface area contributed by atoms with E-state index in [-0.39, 0.29) is 12.2 Å². The zero-order valence-corrected chi connectivity index (χ0v) is 11.6.